The molecule has 0 fully saturated rings. The molecule has 0 N–H and O–H groups in total. The Morgan fingerprint density at radius 2 is 1.00 bits per heavy atom. The molecule has 92 valence electrons. The molecule has 0 atom stereocenters. The van der Waals surface area contributed by atoms with E-state index in [1.54, 1.807) is 0 Å². The van der Waals surface area contributed by atoms with Crippen molar-refractivity contribution < 1.29 is 30.5 Å². The van der Waals surface area contributed by atoms with Crippen molar-refractivity contribution in [2.24, 2.45) is 0 Å². The normalized spacial score (nSPS) is 15.6. The van der Waals surface area contributed by atoms with Gasteiger partial charge in [-0.2, -0.15) is 26.3 Å². The van der Waals surface area contributed by atoms with Crippen molar-refractivity contribution in [3.63, 3.8) is 0 Å². The molecule has 0 amide bonds. The first-order valence-electron chi connectivity index (χ1n) is 4.04. The maximum absolute atomic E-state index is 12.4. The Balaban J connectivity index is 5.26. The van der Waals surface area contributed by atoms with Gasteiger partial charge in [0.15, 0.2) is 8.32 Å². The zero-order chi connectivity index (χ0) is 12.7. The molecule has 0 rings (SSSR count). The SMILES string of the molecule is C[Si](C)(C)O[Si](C)(C(F)(F)F)C(F)(F)F. The predicted molar refractivity (Wildman–Crippen MR) is 48.2 cm³/mol. The summed E-state index contributed by atoms with van der Waals surface area (Å²) in [6.45, 7) is 4.06. The fourth-order valence-electron chi connectivity index (χ4n) is 0.889. The van der Waals surface area contributed by atoms with Gasteiger partial charge in [-0.15, -0.1) is 0 Å². The highest BCUT2D eigenvalue weighted by molar-refractivity contribution is 6.87. The molecule has 1 nitrogen and oxygen atoms in total. The monoisotopic (exact) mass is 270 g/mol. The van der Waals surface area contributed by atoms with Crippen molar-refractivity contribution in [1.29, 1.82) is 0 Å². The van der Waals surface area contributed by atoms with E-state index < -0.39 is 28.2 Å². The second-order valence-electron chi connectivity index (χ2n) is 4.24. The zero-order valence-corrected chi connectivity index (χ0v) is 10.7. The summed E-state index contributed by atoms with van der Waals surface area (Å²) in [6, 6.07) is 0. The van der Waals surface area contributed by atoms with Crippen LogP contribution in [0.3, 0.4) is 0 Å². The van der Waals surface area contributed by atoms with Gasteiger partial charge >= 0.3 is 19.9 Å². The van der Waals surface area contributed by atoms with Crippen LogP contribution in [0.25, 0.3) is 0 Å². The summed E-state index contributed by atoms with van der Waals surface area (Å²) in [5, 5.41) is 0. The van der Waals surface area contributed by atoms with E-state index in [0.29, 0.717) is 0 Å². The Bertz CT molecular complexity index is 213. The van der Waals surface area contributed by atoms with Gasteiger partial charge in [0.25, 0.3) is 0 Å². The van der Waals surface area contributed by atoms with Gasteiger partial charge in [0, 0.05) is 0 Å². The molecule has 0 saturated heterocycles. The van der Waals surface area contributed by atoms with Crippen LogP contribution in [0.4, 0.5) is 26.3 Å². The molecule has 0 aliphatic rings. The molecular formula is C6H12F6OSi2. The van der Waals surface area contributed by atoms with Crippen LogP contribution in [-0.2, 0) is 4.12 Å². The summed E-state index contributed by atoms with van der Waals surface area (Å²) >= 11 is 0. The van der Waals surface area contributed by atoms with Gasteiger partial charge in [0.2, 0.25) is 0 Å². The standard InChI is InChI=1S/C6H12F6OSi2/c1-14(2,3)13-15(4,5(7,8)9)6(10,11)12/h1-4H3. The lowest BCUT2D eigenvalue weighted by molar-refractivity contribution is -0.129. The van der Waals surface area contributed by atoms with Crippen LogP contribution in [0.1, 0.15) is 0 Å². The molecule has 0 aromatic rings. The molecular weight excluding hydrogens is 258 g/mol. The van der Waals surface area contributed by atoms with Crippen molar-refractivity contribution >= 4 is 16.6 Å². The summed E-state index contributed by atoms with van der Waals surface area (Å²) in [5.74, 6) is -10.7. The lowest BCUT2D eigenvalue weighted by Gasteiger charge is -2.36. The van der Waals surface area contributed by atoms with Crippen molar-refractivity contribution in [2.45, 2.75) is 37.8 Å². The van der Waals surface area contributed by atoms with Crippen LogP contribution in [0.15, 0.2) is 0 Å². The average Bonchev–Trinajstić information content (AvgIpc) is 1.77. The van der Waals surface area contributed by atoms with Crippen LogP contribution in [0, 0.1) is 0 Å². The lowest BCUT2D eigenvalue weighted by atomic mass is 11.5. The third-order valence-corrected chi connectivity index (χ3v) is 7.84. The van der Waals surface area contributed by atoms with Gasteiger partial charge in [0.1, 0.15) is 0 Å². The molecule has 0 radical (unpaired) electrons. The molecule has 0 saturated carbocycles. The van der Waals surface area contributed by atoms with Crippen molar-refractivity contribution in [3.8, 4) is 0 Å². The van der Waals surface area contributed by atoms with Crippen LogP contribution in [0.5, 0.6) is 0 Å². The first kappa shape index (κ1) is 15.0. The van der Waals surface area contributed by atoms with E-state index in [1.165, 1.54) is 19.6 Å². The lowest BCUT2D eigenvalue weighted by Crippen LogP contribution is -2.65. The molecule has 0 aliphatic heterocycles. The molecule has 0 unspecified atom stereocenters. The summed E-state index contributed by atoms with van der Waals surface area (Å²) in [7, 11) is -8.62. The number of halogens is 6. The summed E-state index contributed by atoms with van der Waals surface area (Å²) < 4.78 is 78.6. The predicted octanol–water partition coefficient (Wildman–Crippen LogP) is 3.62. The average molecular weight is 270 g/mol. The Morgan fingerprint density at radius 1 is 0.733 bits per heavy atom. The summed E-state index contributed by atoms with van der Waals surface area (Å²) in [4.78, 5) is 0. The van der Waals surface area contributed by atoms with Crippen molar-refractivity contribution in [1.82, 2.24) is 0 Å². The molecule has 0 heterocycles. The fraction of sp³-hybridized carbons (Fsp3) is 1.00. The molecule has 0 aliphatic carbocycles. The first-order valence-corrected chi connectivity index (χ1v) is 9.86. The molecule has 0 bridgehead atoms. The van der Waals surface area contributed by atoms with Gasteiger partial charge in [-0.25, -0.2) is 0 Å². The molecule has 15 heavy (non-hydrogen) atoms. The van der Waals surface area contributed by atoms with Crippen LogP contribution < -0.4 is 0 Å². The largest absolute Gasteiger partial charge is 0.444 e. The smallest absolute Gasteiger partial charge is 0.421 e. The fourth-order valence-corrected chi connectivity index (χ4v) is 7.04. The molecule has 0 aromatic heterocycles. The highest BCUT2D eigenvalue weighted by atomic mass is 28.4. The third kappa shape index (κ3) is 3.49. The topological polar surface area (TPSA) is 9.23 Å². The van der Waals surface area contributed by atoms with E-state index >= 15 is 0 Å². The molecule has 0 aromatic carbocycles. The third-order valence-electron chi connectivity index (χ3n) is 1.59. The van der Waals surface area contributed by atoms with E-state index in [4.69, 9.17) is 0 Å². The molecule has 9 heteroatoms. The minimum atomic E-state index is -5.73. The van der Waals surface area contributed by atoms with Gasteiger partial charge < -0.3 is 4.12 Å². The Kier molecular flexibility index (Phi) is 3.76. The first-order chi connectivity index (χ1) is 6.21. The van der Waals surface area contributed by atoms with Crippen LogP contribution in [0.2, 0.25) is 26.2 Å². The van der Waals surface area contributed by atoms with Crippen molar-refractivity contribution in [2.75, 3.05) is 0 Å². The van der Waals surface area contributed by atoms with Crippen molar-refractivity contribution in [3.05, 3.63) is 0 Å². The number of alkyl halides is 6. The van der Waals surface area contributed by atoms with E-state index in [0.717, 1.165) is 0 Å². The minimum Gasteiger partial charge on any atom is -0.444 e. The maximum atomic E-state index is 12.4. The van der Waals surface area contributed by atoms with Crippen LogP contribution in [-0.4, -0.2) is 28.2 Å². The zero-order valence-electron chi connectivity index (χ0n) is 8.68. The highest BCUT2D eigenvalue weighted by Crippen LogP contribution is 2.43. The van der Waals surface area contributed by atoms with E-state index in [1.807, 2.05) is 0 Å². The number of hydrogen-bond acceptors (Lipinski definition) is 1. The van der Waals surface area contributed by atoms with E-state index in [9.17, 15) is 26.3 Å². The van der Waals surface area contributed by atoms with Gasteiger partial charge in [0.05, 0.1) is 0 Å². The van der Waals surface area contributed by atoms with Gasteiger partial charge in [-0.05, 0) is 26.2 Å². The Morgan fingerprint density at radius 3 is 1.07 bits per heavy atom. The van der Waals surface area contributed by atoms with E-state index in [2.05, 4.69) is 4.12 Å². The maximum Gasteiger partial charge on any atom is 0.421 e. The quantitative estimate of drug-likeness (QED) is 0.550. The van der Waals surface area contributed by atoms with Crippen LogP contribution >= 0.6 is 0 Å². The second kappa shape index (κ2) is 3.77. The summed E-state index contributed by atoms with van der Waals surface area (Å²) in [5.41, 5.74) is 0. The molecule has 0 spiro atoms. The second-order valence-corrected chi connectivity index (χ2v) is 12.5. The Hall–Kier alpha value is -0.0262. The highest BCUT2D eigenvalue weighted by Gasteiger charge is 2.73. The van der Waals surface area contributed by atoms with Gasteiger partial charge in [-0.3, -0.25) is 0 Å². The van der Waals surface area contributed by atoms with Gasteiger partial charge in [-0.1, -0.05) is 0 Å². The summed E-state index contributed by atoms with van der Waals surface area (Å²) in [6.07, 6.45) is 0. The Labute approximate surface area is 85.7 Å². The minimum absolute atomic E-state index is 0.158. The number of hydrogen-bond donors (Lipinski definition) is 0. The number of rotatable bonds is 2. The van der Waals surface area contributed by atoms with E-state index in [-0.39, 0.29) is 6.55 Å².